The van der Waals surface area contributed by atoms with Gasteiger partial charge < -0.3 is 29.0 Å². The summed E-state index contributed by atoms with van der Waals surface area (Å²) in [6, 6.07) is 8.64. The highest BCUT2D eigenvalue weighted by Crippen LogP contribution is 2.38. The number of anilines is 1. The van der Waals surface area contributed by atoms with Crippen LogP contribution in [0.1, 0.15) is 5.56 Å². The van der Waals surface area contributed by atoms with Gasteiger partial charge in [0.05, 0.1) is 41.2 Å². The van der Waals surface area contributed by atoms with Crippen LogP contribution in [0, 0.1) is 0 Å². The molecule has 0 fully saturated rings. The van der Waals surface area contributed by atoms with E-state index in [2.05, 4.69) is 5.32 Å². The predicted molar refractivity (Wildman–Crippen MR) is 103 cm³/mol. The van der Waals surface area contributed by atoms with Crippen LogP contribution in [0.3, 0.4) is 0 Å². The number of rotatable bonds is 8. The fraction of sp³-hybridized carbons (Fsp3) is 0.250. The van der Waals surface area contributed by atoms with Crippen LogP contribution in [0.5, 0.6) is 28.7 Å². The third-order valence-electron chi connectivity index (χ3n) is 3.78. The minimum absolute atomic E-state index is 0.313. The van der Waals surface area contributed by atoms with E-state index in [1.165, 1.54) is 34.5 Å². The third kappa shape index (κ3) is 4.84. The monoisotopic (exact) mass is 373 g/mol. The zero-order valence-electron chi connectivity index (χ0n) is 16.0. The Morgan fingerprint density at radius 2 is 1.44 bits per heavy atom. The van der Waals surface area contributed by atoms with Crippen LogP contribution >= 0.6 is 0 Å². The van der Waals surface area contributed by atoms with Crippen molar-refractivity contribution in [2.45, 2.75) is 0 Å². The number of hydrogen-bond donors (Lipinski definition) is 1. The molecule has 1 amide bonds. The number of hydrogen-bond acceptors (Lipinski definition) is 6. The largest absolute Gasteiger partial charge is 0.497 e. The zero-order valence-corrected chi connectivity index (χ0v) is 16.0. The Morgan fingerprint density at radius 3 is 1.96 bits per heavy atom. The SMILES string of the molecule is COc1ccc(NC(=O)C=Cc2cc(OC)c(OC)c(OC)c2)c(OC)c1. The predicted octanol–water partition coefficient (Wildman–Crippen LogP) is 3.38. The van der Waals surface area contributed by atoms with Gasteiger partial charge in [-0.05, 0) is 35.9 Å². The normalized spacial score (nSPS) is 10.4. The second kappa shape index (κ2) is 9.38. The molecule has 7 nitrogen and oxygen atoms in total. The molecule has 144 valence electrons. The Balaban J connectivity index is 2.20. The molecule has 0 aliphatic carbocycles. The fourth-order valence-corrected chi connectivity index (χ4v) is 2.45. The molecule has 0 unspecified atom stereocenters. The highest BCUT2D eigenvalue weighted by Gasteiger charge is 2.12. The maximum absolute atomic E-state index is 12.3. The van der Waals surface area contributed by atoms with E-state index in [1.807, 2.05) is 0 Å². The number of benzene rings is 2. The Kier molecular flexibility index (Phi) is 6.93. The Labute approximate surface area is 158 Å². The van der Waals surface area contributed by atoms with Crippen molar-refractivity contribution in [1.29, 1.82) is 0 Å². The molecule has 2 rings (SSSR count). The molecule has 0 saturated heterocycles. The van der Waals surface area contributed by atoms with Gasteiger partial charge in [0.2, 0.25) is 11.7 Å². The van der Waals surface area contributed by atoms with Crippen LogP contribution in [-0.4, -0.2) is 41.5 Å². The lowest BCUT2D eigenvalue weighted by Gasteiger charge is -2.13. The van der Waals surface area contributed by atoms with E-state index >= 15 is 0 Å². The lowest BCUT2D eigenvalue weighted by molar-refractivity contribution is -0.111. The lowest BCUT2D eigenvalue weighted by atomic mass is 10.1. The van der Waals surface area contributed by atoms with Crippen molar-refractivity contribution < 1.29 is 28.5 Å². The van der Waals surface area contributed by atoms with Crippen molar-refractivity contribution in [3.8, 4) is 28.7 Å². The molecule has 27 heavy (non-hydrogen) atoms. The van der Waals surface area contributed by atoms with Crippen molar-refractivity contribution in [3.63, 3.8) is 0 Å². The van der Waals surface area contributed by atoms with Crippen molar-refractivity contribution in [1.82, 2.24) is 0 Å². The number of methoxy groups -OCH3 is 5. The molecule has 2 aromatic rings. The average Bonchev–Trinajstić information content (AvgIpc) is 2.71. The molecule has 0 spiro atoms. The van der Waals surface area contributed by atoms with Crippen molar-refractivity contribution in [2.24, 2.45) is 0 Å². The number of amides is 1. The van der Waals surface area contributed by atoms with Gasteiger partial charge in [-0.3, -0.25) is 4.79 Å². The van der Waals surface area contributed by atoms with Crippen LogP contribution in [0.25, 0.3) is 6.08 Å². The fourth-order valence-electron chi connectivity index (χ4n) is 2.45. The van der Waals surface area contributed by atoms with Crippen LogP contribution in [0.15, 0.2) is 36.4 Å². The lowest BCUT2D eigenvalue weighted by Crippen LogP contribution is -2.09. The molecule has 0 radical (unpaired) electrons. The summed E-state index contributed by atoms with van der Waals surface area (Å²) in [4.78, 5) is 12.3. The molecule has 1 N–H and O–H groups in total. The molecular weight excluding hydrogens is 350 g/mol. The van der Waals surface area contributed by atoms with Crippen LogP contribution in [0.2, 0.25) is 0 Å². The van der Waals surface area contributed by atoms with Crippen LogP contribution in [0.4, 0.5) is 5.69 Å². The minimum atomic E-state index is -0.313. The molecule has 0 aromatic heterocycles. The van der Waals surface area contributed by atoms with Gasteiger partial charge in [0.25, 0.3) is 0 Å². The maximum atomic E-state index is 12.3. The van der Waals surface area contributed by atoms with Gasteiger partial charge in [-0.2, -0.15) is 0 Å². The molecule has 0 atom stereocenters. The summed E-state index contributed by atoms with van der Waals surface area (Å²) >= 11 is 0. The van der Waals surface area contributed by atoms with Crippen LogP contribution < -0.4 is 29.0 Å². The number of ether oxygens (including phenoxy) is 5. The zero-order chi connectivity index (χ0) is 19.8. The summed E-state index contributed by atoms with van der Waals surface area (Å²) in [5, 5.41) is 2.77. The topological polar surface area (TPSA) is 75.3 Å². The van der Waals surface area contributed by atoms with E-state index in [0.717, 1.165) is 5.56 Å². The average molecular weight is 373 g/mol. The number of carbonyl (C=O) groups excluding carboxylic acids is 1. The number of nitrogens with one attached hydrogen (secondary N) is 1. The number of carbonyl (C=O) groups is 1. The van der Waals surface area contributed by atoms with Gasteiger partial charge in [0.1, 0.15) is 11.5 Å². The molecule has 0 aliphatic rings. The van der Waals surface area contributed by atoms with E-state index in [4.69, 9.17) is 23.7 Å². The third-order valence-corrected chi connectivity index (χ3v) is 3.78. The molecule has 0 saturated carbocycles. The highest BCUT2D eigenvalue weighted by atomic mass is 16.5. The van der Waals surface area contributed by atoms with Crippen molar-refractivity contribution in [3.05, 3.63) is 42.0 Å². The van der Waals surface area contributed by atoms with E-state index in [9.17, 15) is 4.79 Å². The Morgan fingerprint density at radius 1 is 0.815 bits per heavy atom. The first-order valence-corrected chi connectivity index (χ1v) is 8.07. The van der Waals surface area contributed by atoms with Gasteiger partial charge in [0, 0.05) is 12.1 Å². The van der Waals surface area contributed by atoms with E-state index in [0.29, 0.717) is 34.4 Å². The molecular formula is C20H23NO6. The quantitative estimate of drug-likeness (QED) is 0.715. The van der Waals surface area contributed by atoms with E-state index in [-0.39, 0.29) is 5.91 Å². The molecule has 7 heteroatoms. The summed E-state index contributed by atoms with van der Waals surface area (Å²) in [5.41, 5.74) is 1.26. The summed E-state index contributed by atoms with van der Waals surface area (Å²) in [7, 11) is 7.69. The van der Waals surface area contributed by atoms with Crippen LogP contribution in [-0.2, 0) is 4.79 Å². The Bertz CT molecular complexity index is 806. The summed E-state index contributed by atoms with van der Waals surface area (Å²) in [6.45, 7) is 0. The maximum Gasteiger partial charge on any atom is 0.248 e. The van der Waals surface area contributed by atoms with E-state index < -0.39 is 0 Å². The van der Waals surface area contributed by atoms with E-state index in [1.54, 1.807) is 43.5 Å². The first-order valence-electron chi connectivity index (χ1n) is 8.07. The molecule has 0 bridgehead atoms. The first kappa shape index (κ1) is 20.0. The summed E-state index contributed by atoms with van der Waals surface area (Å²) < 4.78 is 26.3. The summed E-state index contributed by atoms with van der Waals surface area (Å²) in [6.07, 6.45) is 3.06. The van der Waals surface area contributed by atoms with Gasteiger partial charge in [-0.15, -0.1) is 0 Å². The van der Waals surface area contributed by atoms with Gasteiger partial charge in [-0.1, -0.05) is 0 Å². The van der Waals surface area contributed by atoms with Gasteiger partial charge >= 0.3 is 0 Å². The Hall–Kier alpha value is -3.35. The van der Waals surface area contributed by atoms with Crippen molar-refractivity contribution in [2.75, 3.05) is 40.9 Å². The standard InChI is InChI=1S/C20H23NO6/c1-23-14-7-8-15(16(12-14)24-2)21-19(22)9-6-13-10-17(25-3)20(27-5)18(11-13)26-4/h6-12H,1-5H3,(H,21,22). The molecule has 0 heterocycles. The smallest absolute Gasteiger partial charge is 0.248 e. The second-order valence-electron chi connectivity index (χ2n) is 5.35. The van der Waals surface area contributed by atoms with Gasteiger partial charge in [0.15, 0.2) is 11.5 Å². The van der Waals surface area contributed by atoms with Crippen molar-refractivity contribution >= 4 is 17.7 Å². The molecule has 0 aliphatic heterocycles. The highest BCUT2D eigenvalue weighted by molar-refractivity contribution is 6.02. The minimum Gasteiger partial charge on any atom is -0.497 e. The second-order valence-corrected chi connectivity index (χ2v) is 5.35. The molecule has 2 aromatic carbocycles. The summed E-state index contributed by atoms with van der Waals surface area (Å²) in [5.74, 6) is 2.33. The first-order chi connectivity index (χ1) is 13.1. The van der Waals surface area contributed by atoms with Gasteiger partial charge in [-0.25, -0.2) is 0 Å².